The molecule has 0 atom stereocenters. The van der Waals surface area contributed by atoms with Crippen molar-refractivity contribution in [3.8, 4) is 0 Å². The molecule has 2 fully saturated rings. The molecular weight excluding hydrogens is 242 g/mol. The van der Waals surface area contributed by atoms with Crippen LogP contribution < -0.4 is 10.2 Å². The molecule has 2 heterocycles. The van der Waals surface area contributed by atoms with Crippen LogP contribution in [0.15, 0.2) is 12.4 Å². The topological polar surface area (TPSA) is 61.4 Å². The fourth-order valence-electron chi connectivity index (χ4n) is 2.10. The number of nitrogens with zero attached hydrogens (tertiary/aromatic N) is 4. The van der Waals surface area contributed by atoms with E-state index in [1.165, 1.54) is 0 Å². The maximum Gasteiger partial charge on any atom is 0.254 e. The van der Waals surface area contributed by atoms with E-state index in [0.29, 0.717) is 11.6 Å². The Morgan fingerprint density at radius 1 is 1.21 bits per heavy atom. The first kappa shape index (κ1) is 12.3. The highest BCUT2D eigenvalue weighted by atomic mass is 16.1. The smallest absolute Gasteiger partial charge is 0.254 e. The molecule has 0 spiro atoms. The number of amides is 1. The highest BCUT2D eigenvalue weighted by molar-refractivity contribution is 5.94. The van der Waals surface area contributed by atoms with Crippen LogP contribution in [0.5, 0.6) is 0 Å². The van der Waals surface area contributed by atoms with E-state index in [9.17, 15) is 4.79 Å². The molecule has 1 amide bonds. The second-order valence-corrected chi connectivity index (χ2v) is 5.31. The van der Waals surface area contributed by atoms with Crippen molar-refractivity contribution >= 4 is 11.9 Å². The predicted molar refractivity (Wildman–Crippen MR) is 72.2 cm³/mol. The molecule has 1 aromatic heterocycles. The maximum absolute atomic E-state index is 11.8. The third kappa shape index (κ3) is 3.01. The summed E-state index contributed by atoms with van der Waals surface area (Å²) in [7, 11) is 2.11. The molecule has 3 rings (SSSR count). The summed E-state index contributed by atoms with van der Waals surface area (Å²) in [6, 6.07) is 0.366. The SMILES string of the molecule is CN1CCN(c2ncc(C(=O)NC3CC3)cn2)CC1. The Labute approximate surface area is 112 Å². The Kier molecular flexibility index (Phi) is 3.33. The van der Waals surface area contributed by atoms with E-state index < -0.39 is 0 Å². The third-order valence-electron chi connectivity index (χ3n) is 3.60. The van der Waals surface area contributed by atoms with Crippen LogP contribution >= 0.6 is 0 Å². The summed E-state index contributed by atoms with van der Waals surface area (Å²) in [5, 5.41) is 2.94. The molecule has 1 aromatic rings. The van der Waals surface area contributed by atoms with E-state index in [0.717, 1.165) is 45.0 Å². The first-order valence-electron chi connectivity index (χ1n) is 6.79. The van der Waals surface area contributed by atoms with Gasteiger partial charge in [0, 0.05) is 44.6 Å². The van der Waals surface area contributed by atoms with Crippen LogP contribution in [-0.2, 0) is 0 Å². The van der Waals surface area contributed by atoms with Crippen molar-refractivity contribution < 1.29 is 4.79 Å². The van der Waals surface area contributed by atoms with Crippen LogP contribution in [0.3, 0.4) is 0 Å². The Morgan fingerprint density at radius 2 is 1.84 bits per heavy atom. The van der Waals surface area contributed by atoms with Crippen LogP contribution in [0.4, 0.5) is 5.95 Å². The van der Waals surface area contributed by atoms with Crippen molar-refractivity contribution in [2.45, 2.75) is 18.9 Å². The molecule has 1 saturated heterocycles. The van der Waals surface area contributed by atoms with Crippen molar-refractivity contribution in [2.75, 3.05) is 38.1 Å². The zero-order chi connectivity index (χ0) is 13.2. The third-order valence-corrected chi connectivity index (χ3v) is 3.60. The van der Waals surface area contributed by atoms with Crippen LogP contribution in [0, 0.1) is 0 Å². The molecule has 1 N–H and O–H groups in total. The normalized spacial score (nSPS) is 20.4. The fourth-order valence-corrected chi connectivity index (χ4v) is 2.10. The number of likely N-dealkylation sites (N-methyl/N-ethyl adjacent to an activating group) is 1. The Bertz CT molecular complexity index is 449. The lowest BCUT2D eigenvalue weighted by molar-refractivity contribution is 0.0950. The highest BCUT2D eigenvalue weighted by Crippen LogP contribution is 2.19. The Hall–Kier alpha value is -1.69. The summed E-state index contributed by atoms with van der Waals surface area (Å²) in [5.41, 5.74) is 0.546. The average molecular weight is 261 g/mol. The number of hydrogen-bond donors (Lipinski definition) is 1. The first-order valence-corrected chi connectivity index (χ1v) is 6.79. The van der Waals surface area contributed by atoms with Gasteiger partial charge in [0.15, 0.2) is 0 Å². The first-order chi connectivity index (χ1) is 9.22. The minimum atomic E-state index is -0.0626. The molecule has 1 aliphatic carbocycles. The Morgan fingerprint density at radius 3 is 2.42 bits per heavy atom. The van der Waals surface area contributed by atoms with E-state index in [2.05, 4.69) is 32.1 Å². The number of piperazine rings is 1. The lowest BCUT2D eigenvalue weighted by Gasteiger charge is -2.32. The molecule has 0 unspecified atom stereocenters. The summed E-state index contributed by atoms with van der Waals surface area (Å²) in [6.45, 7) is 3.91. The van der Waals surface area contributed by atoms with E-state index in [4.69, 9.17) is 0 Å². The zero-order valence-corrected chi connectivity index (χ0v) is 11.2. The minimum Gasteiger partial charge on any atom is -0.349 e. The standard InChI is InChI=1S/C13H19N5O/c1-17-4-6-18(7-5-17)13-14-8-10(9-15-13)12(19)16-11-2-3-11/h8-9,11H,2-7H2,1H3,(H,16,19). The molecule has 2 aliphatic rings. The van der Waals surface area contributed by atoms with Gasteiger partial charge in [-0.1, -0.05) is 0 Å². The molecule has 0 bridgehead atoms. The molecule has 102 valence electrons. The number of carbonyl (C=O) groups excluding carboxylic acids is 1. The van der Waals surface area contributed by atoms with E-state index >= 15 is 0 Å². The van der Waals surface area contributed by atoms with Gasteiger partial charge in [-0.25, -0.2) is 9.97 Å². The second kappa shape index (κ2) is 5.13. The average Bonchev–Trinajstić information content (AvgIpc) is 3.24. The van der Waals surface area contributed by atoms with E-state index in [1.807, 2.05) is 0 Å². The largest absolute Gasteiger partial charge is 0.349 e. The van der Waals surface area contributed by atoms with Crippen LogP contribution in [0.25, 0.3) is 0 Å². The molecule has 19 heavy (non-hydrogen) atoms. The van der Waals surface area contributed by atoms with Gasteiger partial charge in [0.25, 0.3) is 5.91 Å². The van der Waals surface area contributed by atoms with Gasteiger partial charge in [-0.05, 0) is 19.9 Å². The lowest BCUT2D eigenvalue weighted by atomic mass is 10.3. The molecule has 0 radical (unpaired) electrons. The molecular formula is C13H19N5O. The van der Waals surface area contributed by atoms with E-state index in [-0.39, 0.29) is 5.91 Å². The minimum absolute atomic E-state index is 0.0626. The summed E-state index contributed by atoms with van der Waals surface area (Å²) in [5.74, 6) is 0.656. The zero-order valence-electron chi connectivity index (χ0n) is 11.2. The maximum atomic E-state index is 11.8. The van der Waals surface area contributed by atoms with Gasteiger partial charge in [0.05, 0.1) is 5.56 Å². The highest BCUT2D eigenvalue weighted by Gasteiger charge is 2.24. The van der Waals surface area contributed by atoms with Crippen molar-refractivity contribution in [1.82, 2.24) is 20.2 Å². The van der Waals surface area contributed by atoms with Crippen LogP contribution in [0.1, 0.15) is 23.2 Å². The lowest BCUT2D eigenvalue weighted by Crippen LogP contribution is -2.45. The number of hydrogen-bond acceptors (Lipinski definition) is 5. The van der Waals surface area contributed by atoms with Gasteiger partial charge in [-0.3, -0.25) is 4.79 Å². The molecule has 0 aromatic carbocycles. The molecule has 1 saturated carbocycles. The quantitative estimate of drug-likeness (QED) is 0.837. The van der Waals surface area contributed by atoms with Crippen molar-refractivity contribution in [3.63, 3.8) is 0 Å². The monoisotopic (exact) mass is 261 g/mol. The van der Waals surface area contributed by atoms with Crippen LogP contribution in [0.2, 0.25) is 0 Å². The van der Waals surface area contributed by atoms with Gasteiger partial charge in [0.1, 0.15) is 0 Å². The predicted octanol–water partition coefficient (Wildman–Crippen LogP) is 0.121. The van der Waals surface area contributed by atoms with Crippen LogP contribution in [-0.4, -0.2) is 60.0 Å². The van der Waals surface area contributed by atoms with Gasteiger partial charge >= 0.3 is 0 Å². The summed E-state index contributed by atoms with van der Waals surface area (Å²) < 4.78 is 0. The van der Waals surface area contributed by atoms with Crippen molar-refractivity contribution in [2.24, 2.45) is 0 Å². The van der Waals surface area contributed by atoms with Gasteiger partial charge in [0.2, 0.25) is 5.95 Å². The fraction of sp³-hybridized carbons (Fsp3) is 0.615. The molecule has 1 aliphatic heterocycles. The van der Waals surface area contributed by atoms with Gasteiger partial charge in [-0.15, -0.1) is 0 Å². The number of aromatic nitrogens is 2. The summed E-state index contributed by atoms with van der Waals surface area (Å²) in [4.78, 5) is 24.9. The molecule has 6 nitrogen and oxygen atoms in total. The van der Waals surface area contributed by atoms with Crippen molar-refractivity contribution in [3.05, 3.63) is 18.0 Å². The summed E-state index contributed by atoms with van der Waals surface area (Å²) >= 11 is 0. The molecule has 6 heteroatoms. The second-order valence-electron chi connectivity index (χ2n) is 5.31. The van der Waals surface area contributed by atoms with Crippen molar-refractivity contribution in [1.29, 1.82) is 0 Å². The summed E-state index contributed by atoms with van der Waals surface area (Å²) in [6.07, 6.45) is 5.43. The number of nitrogens with one attached hydrogen (secondary N) is 1. The van der Waals surface area contributed by atoms with Gasteiger partial charge < -0.3 is 15.1 Å². The number of anilines is 1. The van der Waals surface area contributed by atoms with E-state index in [1.54, 1.807) is 12.4 Å². The Balaban J connectivity index is 1.63. The number of carbonyl (C=O) groups is 1. The number of rotatable bonds is 3. The van der Waals surface area contributed by atoms with Gasteiger partial charge in [-0.2, -0.15) is 0 Å².